The monoisotopic (exact) mass is 557 g/mol. The molecule has 3 heterocycles. The van der Waals surface area contributed by atoms with Gasteiger partial charge in [0.2, 0.25) is 5.95 Å². The Morgan fingerprint density at radius 1 is 1.07 bits per heavy atom. The number of alkyl carbamates (subject to hydrolysis) is 1. The molecular weight excluding hydrogens is 520 g/mol. The number of morpholine rings is 1. The number of rotatable bonds is 7. The summed E-state index contributed by atoms with van der Waals surface area (Å²) in [5.74, 6) is 1.40. The van der Waals surface area contributed by atoms with E-state index >= 15 is 0 Å². The molecule has 2 N–H and O–H groups in total. The number of aromatic nitrogens is 4. The van der Waals surface area contributed by atoms with E-state index in [1.54, 1.807) is 30.3 Å². The van der Waals surface area contributed by atoms with E-state index in [-0.39, 0.29) is 11.9 Å². The maximum absolute atomic E-state index is 14.1. The Morgan fingerprint density at radius 3 is 2.48 bits per heavy atom. The van der Waals surface area contributed by atoms with Crippen molar-refractivity contribution in [2.24, 2.45) is 5.92 Å². The highest BCUT2D eigenvalue weighted by molar-refractivity contribution is 5.78. The summed E-state index contributed by atoms with van der Waals surface area (Å²) in [6.45, 7) is 8.53. The van der Waals surface area contributed by atoms with Crippen molar-refractivity contribution in [2.45, 2.75) is 64.5 Å². The molecule has 0 radical (unpaired) electrons. The van der Waals surface area contributed by atoms with Gasteiger partial charge in [0.25, 0.3) is 6.43 Å². The zero-order valence-corrected chi connectivity index (χ0v) is 23.2. The van der Waals surface area contributed by atoms with Crippen LogP contribution in [-0.2, 0) is 9.47 Å². The summed E-state index contributed by atoms with van der Waals surface area (Å²) in [5, 5.41) is 6.34. The molecule has 5 rings (SSSR count). The van der Waals surface area contributed by atoms with E-state index in [0.717, 1.165) is 25.7 Å². The van der Waals surface area contributed by atoms with E-state index in [2.05, 4.69) is 20.5 Å². The predicted molar refractivity (Wildman–Crippen MR) is 148 cm³/mol. The standard InChI is InChI=1S/C28H37F2N7O3/c1-28(2,3)40-27(38)31-17-18-8-10-19(11-9-18)32-26-34-22(36-12-14-39-15-13-36)16-23(35-26)37-21-7-5-4-6-20(21)33-25(37)24(29)30/h4-7,16,18-19,24H,8-15,17H2,1-3H3,(H,31,38)(H,32,34,35)/t18-,19-. The van der Waals surface area contributed by atoms with Crippen molar-refractivity contribution in [3.8, 4) is 5.82 Å². The number of para-hydroxylation sites is 2. The summed E-state index contributed by atoms with van der Waals surface area (Å²) in [6.07, 6.45) is 0.421. The molecule has 0 bridgehead atoms. The summed E-state index contributed by atoms with van der Waals surface area (Å²) >= 11 is 0. The quantitative estimate of drug-likeness (QED) is 0.414. The van der Waals surface area contributed by atoms with Crippen LogP contribution in [0.15, 0.2) is 30.3 Å². The van der Waals surface area contributed by atoms with Crippen LogP contribution in [0, 0.1) is 5.92 Å². The molecule has 2 aromatic heterocycles. The topological polar surface area (TPSA) is 106 Å². The number of imidazole rings is 1. The van der Waals surface area contributed by atoms with Gasteiger partial charge < -0.3 is 25.0 Å². The molecule has 2 fully saturated rings. The molecule has 12 heteroatoms. The van der Waals surface area contributed by atoms with Gasteiger partial charge in [0, 0.05) is 31.7 Å². The average molecular weight is 558 g/mol. The number of fused-ring (bicyclic) bond motifs is 1. The van der Waals surface area contributed by atoms with Crippen molar-refractivity contribution < 1.29 is 23.0 Å². The molecule has 40 heavy (non-hydrogen) atoms. The first kappa shape index (κ1) is 28.0. The smallest absolute Gasteiger partial charge is 0.407 e. The lowest BCUT2D eigenvalue weighted by Gasteiger charge is -2.31. The second kappa shape index (κ2) is 11.9. The second-order valence-electron chi connectivity index (χ2n) is 11.3. The zero-order chi connectivity index (χ0) is 28.3. The summed E-state index contributed by atoms with van der Waals surface area (Å²) in [5.41, 5.74) is 0.518. The van der Waals surface area contributed by atoms with E-state index in [1.807, 2.05) is 20.8 Å². The van der Waals surface area contributed by atoms with Crippen LogP contribution in [0.3, 0.4) is 0 Å². The molecule has 10 nitrogen and oxygen atoms in total. The Labute approximate surface area is 232 Å². The lowest BCUT2D eigenvalue weighted by Crippen LogP contribution is -2.38. The predicted octanol–water partition coefficient (Wildman–Crippen LogP) is 5.09. The summed E-state index contributed by atoms with van der Waals surface area (Å²) in [4.78, 5) is 27.8. The van der Waals surface area contributed by atoms with Crippen LogP contribution in [0.5, 0.6) is 0 Å². The lowest BCUT2D eigenvalue weighted by atomic mass is 9.86. The Morgan fingerprint density at radius 2 is 1.77 bits per heavy atom. The second-order valence-corrected chi connectivity index (χ2v) is 11.3. The number of hydrogen-bond acceptors (Lipinski definition) is 8. The number of nitrogens with one attached hydrogen (secondary N) is 2. The van der Waals surface area contributed by atoms with E-state index in [4.69, 9.17) is 19.4 Å². The molecule has 216 valence electrons. The van der Waals surface area contributed by atoms with Crippen molar-refractivity contribution in [3.05, 3.63) is 36.2 Å². The van der Waals surface area contributed by atoms with Crippen LogP contribution in [0.2, 0.25) is 0 Å². The van der Waals surface area contributed by atoms with Gasteiger partial charge in [-0.25, -0.2) is 18.6 Å². The minimum absolute atomic E-state index is 0.125. The Balaban J connectivity index is 1.34. The first-order valence-corrected chi connectivity index (χ1v) is 13.9. The lowest BCUT2D eigenvalue weighted by molar-refractivity contribution is 0.0515. The number of nitrogens with zero attached hydrogens (tertiary/aromatic N) is 5. The van der Waals surface area contributed by atoms with Crippen LogP contribution < -0.4 is 15.5 Å². The maximum Gasteiger partial charge on any atom is 0.407 e. The van der Waals surface area contributed by atoms with Gasteiger partial charge in [0.05, 0.1) is 24.2 Å². The summed E-state index contributed by atoms with van der Waals surface area (Å²) < 4.78 is 40.5. The Hall–Kier alpha value is -3.54. The van der Waals surface area contributed by atoms with Crippen molar-refractivity contribution >= 4 is 28.9 Å². The van der Waals surface area contributed by atoms with Gasteiger partial charge in [-0.2, -0.15) is 9.97 Å². The van der Waals surface area contributed by atoms with Crippen molar-refractivity contribution in [1.29, 1.82) is 0 Å². The van der Waals surface area contributed by atoms with E-state index in [0.29, 0.717) is 67.4 Å². The normalized spacial score (nSPS) is 20.1. The number of ether oxygens (including phenoxy) is 2. The number of halogens is 2. The molecule has 1 aromatic carbocycles. The van der Waals surface area contributed by atoms with Crippen LogP contribution >= 0.6 is 0 Å². The number of carbonyl (C=O) groups is 1. The number of anilines is 2. The third-order valence-corrected chi connectivity index (χ3v) is 7.16. The number of amides is 1. The largest absolute Gasteiger partial charge is 0.444 e. The van der Waals surface area contributed by atoms with Crippen LogP contribution in [0.4, 0.5) is 25.3 Å². The number of hydrogen-bond donors (Lipinski definition) is 2. The number of alkyl halides is 2. The van der Waals surface area contributed by atoms with Crippen LogP contribution in [0.1, 0.15) is 58.7 Å². The molecule has 1 saturated heterocycles. The number of carbonyl (C=O) groups excluding carboxylic acids is 1. The molecule has 1 aliphatic carbocycles. The van der Waals surface area contributed by atoms with Crippen molar-refractivity contribution in [3.63, 3.8) is 0 Å². The molecular formula is C28H37F2N7O3. The molecule has 1 amide bonds. The highest BCUT2D eigenvalue weighted by Gasteiger charge is 2.26. The van der Waals surface area contributed by atoms with E-state index < -0.39 is 18.1 Å². The van der Waals surface area contributed by atoms with E-state index in [1.165, 1.54) is 4.57 Å². The molecule has 0 atom stereocenters. The third-order valence-electron chi connectivity index (χ3n) is 7.16. The molecule has 3 aromatic rings. The molecule has 1 saturated carbocycles. The average Bonchev–Trinajstić information content (AvgIpc) is 3.32. The van der Waals surface area contributed by atoms with Crippen LogP contribution in [0.25, 0.3) is 16.9 Å². The van der Waals surface area contributed by atoms with Gasteiger partial charge in [0.15, 0.2) is 5.82 Å². The minimum atomic E-state index is -2.77. The van der Waals surface area contributed by atoms with Gasteiger partial charge in [0.1, 0.15) is 17.2 Å². The maximum atomic E-state index is 14.1. The van der Waals surface area contributed by atoms with Crippen molar-refractivity contribution in [1.82, 2.24) is 24.8 Å². The van der Waals surface area contributed by atoms with Gasteiger partial charge >= 0.3 is 6.09 Å². The fourth-order valence-electron chi connectivity index (χ4n) is 5.22. The Kier molecular flexibility index (Phi) is 8.34. The highest BCUT2D eigenvalue weighted by Crippen LogP contribution is 2.31. The number of benzene rings is 1. The van der Waals surface area contributed by atoms with Gasteiger partial charge in [-0.05, 0) is 64.5 Å². The minimum Gasteiger partial charge on any atom is -0.444 e. The van der Waals surface area contributed by atoms with E-state index in [9.17, 15) is 13.6 Å². The fourth-order valence-corrected chi connectivity index (χ4v) is 5.22. The molecule has 1 aliphatic heterocycles. The highest BCUT2D eigenvalue weighted by atomic mass is 19.3. The van der Waals surface area contributed by atoms with Gasteiger partial charge in [-0.1, -0.05) is 12.1 Å². The third kappa shape index (κ3) is 6.78. The summed E-state index contributed by atoms with van der Waals surface area (Å²) in [7, 11) is 0. The first-order valence-electron chi connectivity index (χ1n) is 13.9. The first-order chi connectivity index (χ1) is 19.2. The fraction of sp³-hybridized carbons (Fsp3) is 0.571. The van der Waals surface area contributed by atoms with Crippen LogP contribution in [-0.4, -0.2) is 70.1 Å². The van der Waals surface area contributed by atoms with Crippen molar-refractivity contribution in [2.75, 3.05) is 43.1 Å². The van der Waals surface area contributed by atoms with Gasteiger partial charge in [-0.3, -0.25) is 4.57 Å². The zero-order valence-electron chi connectivity index (χ0n) is 23.2. The Bertz CT molecular complexity index is 1310. The van der Waals surface area contributed by atoms with Gasteiger partial charge in [-0.15, -0.1) is 0 Å². The molecule has 2 aliphatic rings. The molecule has 0 unspecified atom stereocenters. The molecule has 0 spiro atoms. The summed E-state index contributed by atoms with van der Waals surface area (Å²) in [6, 6.07) is 8.94. The SMILES string of the molecule is CC(C)(C)OC(=O)NC[C@H]1CC[C@H](Nc2nc(N3CCOCC3)cc(-n3c(C(F)F)nc4ccccc43)n2)CC1.